The van der Waals surface area contributed by atoms with E-state index >= 15 is 0 Å². The first-order valence-corrected chi connectivity index (χ1v) is 12.6. The summed E-state index contributed by atoms with van der Waals surface area (Å²) in [4.78, 5) is 21.6. The Bertz CT molecular complexity index is 1240. The van der Waals surface area contributed by atoms with Gasteiger partial charge in [-0.3, -0.25) is 0 Å². The summed E-state index contributed by atoms with van der Waals surface area (Å²) in [5, 5.41) is 0. The van der Waals surface area contributed by atoms with E-state index in [1.165, 1.54) is 4.90 Å². The lowest BCUT2D eigenvalue weighted by Crippen LogP contribution is -2.39. The number of piperidine rings is 1. The first-order chi connectivity index (χ1) is 16.2. The van der Waals surface area contributed by atoms with E-state index in [9.17, 15) is 0 Å². The van der Waals surface area contributed by atoms with Crippen molar-refractivity contribution < 1.29 is 15.7 Å². The molecule has 1 aliphatic rings. The summed E-state index contributed by atoms with van der Waals surface area (Å²) in [6, 6.07) is 8.58. The predicted molar refractivity (Wildman–Crippen MR) is 140 cm³/mol. The number of nitrogens with zero attached hydrogens (tertiary/aromatic N) is 6. The fourth-order valence-corrected chi connectivity index (χ4v) is 4.70. The minimum Gasteiger partial charge on any atom is -0.473 e. The summed E-state index contributed by atoms with van der Waals surface area (Å²) < 4.78 is 8.48. The Labute approximate surface area is 209 Å². The molecule has 5 rings (SSSR count). The first-order valence-electron chi connectivity index (χ1n) is 11.3. The molecule has 0 saturated carbocycles. The zero-order valence-corrected chi connectivity index (χ0v) is 21.0. The molecule has 1 fully saturated rings. The Morgan fingerprint density at radius 2 is 1.69 bits per heavy atom. The van der Waals surface area contributed by atoms with Crippen molar-refractivity contribution in [2.45, 2.75) is 37.2 Å². The quantitative estimate of drug-likeness (QED) is 0.375. The maximum atomic E-state index is 6.41. The maximum Gasteiger partial charge on any atom is 0.242 e. The van der Waals surface area contributed by atoms with Crippen LogP contribution in [0.15, 0.2) is 54.1 Å². The Morgan fingerprint density at radius 1 is 1.00 bits per heavy atom. The summed E-state index contributed by atoms with van der Waals surface area (Å²) in [5.74, 6) is 1.45. The molecule has 0 aliphatic carbocycles. The van der Waals surface area contributed by atoms with Crippen LogP contribution in [0.2, 0.25) is 0 Å². The topological polar surface area (TPSA) is 132 Å². The van der Waals surface area contributed by atoms with E-state index in [0.29, 0.717) is 5.88 Å². The number of benzene rings is 1. The van der Waals surface area contributed by atoms with Gasteiger partial charge in [0.05, 0.1) is 0 Å². The second-order valence-corrected chi connectivity index (χ2v) is 9.19. The number of hydrogen-bond acceptors (Lipinski definition) is 7. The van der Waals surface area contributed by atoms with Gasteiger partial charge in [-0.05, 0) is 35.9 Å². The fourth-order valence-electron chi connectivity index (χ4n) is 4.29. The molecule has 9 nitrogen and oxygen atoms in total. The van der Waals surface area contributed by atoms with Gasteiger partial charge in [0, 0.05) is 62.0 Å². The van der Waals surface area contributed by atoms with Crippen LogP contribution in [0.5, 0.6) is 5.88 Å². The number of ether oxygens (including phenoxy) is 1. The van der Waals surface area contributed by atoms with Crippen LogP contribution in [0.25, 0.3) is 22.2 Å². The van der Waals surface area contributed by atoms with Crippen molar-refractivity contribution >= 4 is 28.7 Å². The van der Waals surface area contributed by atoms with E-state index in [-0.39, 0.29) is 17.1 Å². The molecule has 3 aromatic heterocycles. The van der Waals surface area contributed by atoms with E-state index < -0.39 is 0 Å². The molecule has 4 N–H and O–H groups in total. The highest BCUT2D eigenvalue weighted by Crippen LogP contribution is 2.34. The molecule has 0 radical (unpaired) electrons. The molecule has 0 atom stereocenters. The van der Waals surface area contributed by atoms with E-state index in [1.807, 2.05) is 19.4 Å². The van der Waals surface area contributed by atoms with Crippen molar-refractivity contribution in [1.29, 1.82) is 0 Å². The molecule has 0 spiro atoms. The van der Waals surface area contributed by atoms with Crippen LogP contribution in [0, 0.1) is 0 Å². The van der Waals surface area contributed by atoms with Gasteiger partial charge in [0.1, 0.15) is 23.5 Å². The zero-order chi connectivity index (χ0) is 22.8. The summed E-state index contributed by atoms with van der Waals surface area (Å²) in [6.07, 6.45) is 12.5. The average Bonchev–Trinajstić information content (AvgIpc) is 3.22. The van der Waals surface area contributed by atoms with E-state index in [4.69, 9.17) is 4.74 Å². The Kier molecular flexibility index (Phi) is 8.66. The molecule has 35 heavy (non-hydrogen) atoms. The minimum atomic E-state index is 0. The molecule has 1 aliphatic heterocycles. The molecular weight excluding hydrogens is 464 g/mol. The van der Waals surface area contributed by atoms with E-state index in [0.717, 1.165) is 66.0 Å². The third-order valence-corrected chi connectivity index (χ3v) is 6.97. The highest BCUT2D eigenvalue weighted by Gasteiger charge is 2.24. The van der Waals surface area contributed by atoms with E-state index in [2.05, 4.69) is 73.0 Å². The Balaban J connectivity index is 0.00000171. The molecule has 0 bridgehead atoms. The fraction of sp³-hybridized carbons (Fsp3) is 0.360. The lowest BCUT2D eigenvalue weighted by atomic mass is 10.1. The van der Waals surface area contributed by atoms with E-state index in [1.54, 1.807) is 18.1 Å². The maximum absolute atomic E-state index is 6.41. The number of anilines is 1. The Morgan fingerprint density at radius 3 is 2.31 bits per heavy atom. The lowest BCUT2D eigenvalue weighted by Gasteiger charge is -2.32. The van der Waals surface area contributed by atoms with Crippen LogP contribution < -0.4 is 9.64 Å². The van der Waals surface area contributed by atoms with Crippen LogP contribution in [0.3, 0.4) is 0 Å². The molecule has 186 valence electrons. The Hall–Kier alpha value is -3.21. The monoisotopic (exact) mass is 496 g/mol. The number of rotatable bonds is 6. The molecule has 4 heterocycles. The van der Waals surface area contributed by atoms with Gasteiger partial charge in [0.25, 0.3) is 0 Å². The van der Waals surface area contributed by atoms with Crippen LogP contribution in [0.1, 0.15) is 25.3 Å². The normalized spacial score (nSPS) is 13.9. The van der Waals surface area contributed by atoms with Gasteiger partial charge in [-0.25, -0.2) is 15.0 Å². The van der Waals surface area contributed by atoms with Crippen molar-refractivity contribution in [3.8, 4) is 17.0 Å². The minimum absolute atomic E-state index is 0. The van der Waals surface area contributed by atoms with Crippen molar-refractivity contribution in [1.82, 2.24) is 24.5 Å². The van der Waals surface area contributed by atoms with Gasteiger partial charge >= 0.3 is 0 Å². The molecule has 1 aromatic carbocycles. The summed E-state index contributed by atoms with van der Waals surface area (Å²) in [7, 11) is 2.03. The van der Waals surface area contributed by atoms with Gasteiger partial charge in [-0.2, -0.15) is 4.98 Å². The highest BCUT2D eigenvalue weighted by atomic mass is 32.2. The van der Waals surface area contributed by atoms with Crippen LogP contribution in [-0.2, 0) is 13.5 Å². The van der Waals surface area contributed by atoms with Crippen LogP contribution in [-0.4, -0.2) is 60.9 Å². The third kappa shape index (κ3) is 5.39. The SMILES string of the molecule is CCc1cnc(N2CCC(Oc3ncnc4c(-c5ccc(SC)cc5)cn(C)c34)CC2)nc1.O.O. The molecule has 4 aromatic rings. The zero-order valence-electron chi connectivity index (χ0n) is 20.2. The molecule has 0 amide bonds. The number of aryl methyl sites for hydroxylation is 2. The molecule has 1 saturated heterocycles. The van der Waals surface area contributed by atoms with Gasteiger partial charge in [-0.15, -0.1) is 11.8 Å². The standard InChI is InChI=1S/C25H28N6OS.2H2O/c1-4-17-13-26-25(27-14-17)31-11-9-19(10-12-31)32-24-23-22(28-16-29-24)21(15-30(23)2)18-5-7-20(33-3)8-6-18;;/h5-8,13-16,19H,4,9-12H2,1-3H3;2*1H2. The first kappa shape index (κ1) is 26.4. The number of fused-ring (bicyclic) bond motifs is 1. The summed E-state index contributed by atoms with van der Waals surface area (Å²) in [5.41, 5.74) is 5.25. The number of thioether (sulfide) groups is 1. The van der Waals surface area contributed by atoms with Crippen LogP contribution >= 0.6 is 11.8 Å². The second-order valence-electron chi connectivity index (χ2n) is 8.31. The lowest BCUT2D eigenvalue weighted by molar-refractivity contribution is 0.165. The van der Waals surface area contributed by atoms with Crippen molar-refractivity contribution in [3.63, 3.8) is 0 Å². The smallest absolute Gasteiger partial charge is 0.242 e. The van der Waals surface area contributed by atoms with Gasteiger partial charge < -0.3 is 25.2 Å². The van der Waals surface area contributed by atoms with Gasteiger partial charge in [-0.1, -0.05) is 19.1 Å². The van der Waals surface area contributed by atoms with Crippen LogP contribution in [0.4, 0.5) is 5.95 Å². The second kappa shape index (κ2) is 11.5. The van der Waals surface area contributed by atoms with Crippen molar-refractivity contribution in [2.24, 2.45) is 7.05 Å². The van der Waals surface area contributed by atoms with Crippen molar-refractivity contribution in [2.75, 3.05) is 24.2 Å². The number of aromatic nitrogens is 5. The summed E-state index contributed by atoms with van der Waals surface area (Å²) in [6.45, 7) is 3.84. The summed E-state index contributed by atoms with van der Waals surface area (Å²) >= 11 is 1.74. The number of hydrogen-bond donors (Lipinski definition) is 0. The largest absolute Gasteiger partial charge is 0.473 e. The van der Waals surface area contributed by atoms with Crippen molar-refractivity contribution in [3.05, 3.63) is 54.7 Å². The molecular formula is C25H32N6O3S. The molecule has 0 unspecified atom stereocenters. The highest BCUT2D eigenvalue weighted by molar-refractivity contribution is 7.98. The molecule has 10 heteroatoms. The van der Waals surface area contributed by atoms with Gasteiger partial charge in [0.2, 0.25) is 11.8 Å². The van der Waals surface area contributed by atoms with Gasteiger partial charge in [0.15, 0.2) is 0 Å². The third-order valence-electron chi connectivity index (χ3n) is 6.22. The average molecular weight is 497 g/mol. The predicted octanol–water partition coefficient (Wildman–Crippen LogP) is 3.11.